The van der Waals surface area contributed by atoms with Gasteiger partial charge in [-0.3, -0.25) is 14.5 Å². The van der Waals surface area contributed by atoms with Crippen LogP contribution in [-0.2, 0) is 9.59 Å². The number of carbonyl (C=O) groups is 2. The number of rotatable bonds is 4. The van der Waals surface area contributed by atoms with Crippen molar-refractivity contribution in [3.05, 3.63) is 35.6 Å². The van der Waals surface area contributed by atoms with Gasteiger partial charge in [-0.05, 0) is 49.9 Å². The Labute approximate surface area is 141 Å². The highest BCUT2D eigenvalue weighted by Crippen LogP contribution is 2.35. The van der Waals surface area contributed by atoms with E-state index in [1.54, 1.807) is 19.1 Å². The van der Waals surface area contributed by atoms with E-state index in [4.69, 9.17) is 5.73 Å². The molecule has 0 bridgehead atoms. The van der Waals surface area contributed by atoms with Gasteiger partial charge in [0.15, 0.2) is 0 Å². The molecule has 2 heterocycles. The summed E-state index contributed by atoms with van der Waals surface area (Å²) in [6.07, 6.45) is 3.86. The Morgan fingerprint density at radius 3 is 2.38 bits per heavy atom. The maximum atomic E-state index is 13.2. The molecule has 1 aromatic rings. The minimum absolute atomic E-state index is 0.0850. The molecule has 0 spiro atoms. The predicted octanol–water partition coefficient (Wildman–Crippen LogP) is 1.83. The summed E-state index contributed by atoms with van der Waals surface area (Å²) in [5.74, 6) is -0.680. The number of benzene rings is 1. The van der Waals surface area contributed by atoms with Gasteiger partial charge in [-0.1, -0.05) is 12.1 Å². The largest absolute Gasteiger partial charge is 0.368 e. The quantitative estimate of drug-likeness (QED) is 0.914. The molecule has 0 aromatic heterocycles. The highest BCUT2D eigenvalue weighted by Gasteiger charge is 2.42. The number of likely N-dealkylation sites (tertiary alicyclic amines) is 2. The Morgan fingerprint density at radius 2 is 1.75 bits per heavy atom. The second-order valence-electron chi connectivity index (χ2n) is 6.73. The Morgan fingerprint density at radius 1 is 1.12 bits per heavy atom. The second-order valence-corrected chi connectivity index (χ2v) is 6.73. The molecule has 2 aliphatic rings. The van der Waals surface area contributed by atoms with Crippen LogP contribution in [0.5, 0.6) is 0 Å². The van der Waals surface area contributed by atoms with Crippen molar-refractivity contribution in [1.82, 2.24) is 9.80 Å². The molecular weight excluding hydrogens is 309 g/mol. The van der Waals surface area contributed by atoms with Crippen LogP contribution in [-0.4, -0.2) is 46.8 Å². The van der Waals surface area contributed by atoms with Crippen molar-refractivity contribution in [3.8, 4) is 0 Å². The molecule has 2 saturated heterocycles. The van der Waals surface area contributed by atoms with Crippen molar-refractivity contribution in [2.75, 3.05) is 13.1 Å². The van der Waals surface area contributed by atoms with Gasteiger partial charge in [0.2, 0.25) is 11.8 Å². The van der Waals surface area contributed by atoms with Crippen LogP contribution in [0.1, 0.15) is 44.2 Å². The second kappa shape index (κ2) is 6.89. The Hall–Kier alpha value is -1.95. The smallest absolute Gasteiger partial charge is 0.239 e. The zero-order chi connectivity index (χ0) is 17.3. The molecule has 2 N–H and O–H groups in total. The van der Waals surface area contributed by atoms with Gasteiger partial charge in [0.05, 0.1) is 0 Å². The Bertz CT molecular complexity index is 619. The lowest BCUT2D eigenvalue weighted by atomic mass is 9.98. The van der Waals surface area contributed by atoms with Crippen LogP contribution in [0.25, 0.3) is 0 Å². The van der Waals surface area contributed by atoms with Crippen LogP contribution in [0.15, 0.2) is 24.3 Å². The van der Waals surface area contributed by atoms with E-state index in [1.165, 1.54) is 12.1 Å². The average Bonchev–Trinajstić information content (AvgIpc) is 3.17. The van der Waals surface area contributed by atoms with Gasteiger partial charge in [0.1, 0.15) is 11.9 Å². The molecule has 5 nitrogen and oxygen atoms in total. The number of primary amides is 1. The zero-order valence-electron chi connectivity index (χ0n) is 14.0. The van der Waals surface area contributed by atoms with E-state index in [0.29, 0.717) is 5.56 Å². The molecule has 0 saturated carbocycles. The van der Waals surface area contributed by atoms with Crippen LogP contribution in [0.3, 0.4) is 0 Å². The third-order valence-corrected chi connectivity index (χ3v) is 5.28. The summed E-state index contributed by atoms with van der Waals surface area (Å²) in [7, 11) is 0. The number of amides is 2. The summed E-state index contributed by atoms with van der Waals surface area (Å²) in [6.45, 7) is 3.14. The predicted molar refractivity (Wildman–Crippen MR) is 88.5 cm³/mol. The van der Waals surface area contributed by atoms with Crippen LogP contribution in [0.2, 0.25) is 0 Å². The standard InChI is InChI=1S/C18H24FN3O2/c1-12(23)21-10-2-4-15(21)16-5-3-11-22(16)17(18(20)24)13-6-8-14(19)9-7-13/h6-9,15-17H,2-5,10-11H2,1H3,(H2,20,24)/t15-,16+,17+/m1/s1. The SMILES string of the molecule is CC(=O)N1CCC[C@@H]1[C@@H]1CCCN1[C@H](C(N)=O)c1ccc(F)cc1. The minimum Gasteiger partial charge on any atom is -0.368 e. The maximum Gasteiger partial charge on any atom is 0.239 e. The number of carbonyl (C=O) groups excluding carboxylic acids is 2. The molecule has 3 atom stereocenters. The molecule has 1 aromatic carbocycles. The molecule has 2 amide bonds. The van der Waals surface area contributed by atoms with Gasteiger partial charge in [0, 0.05) is 25.6 Å². The molecule has 0 aliphatic carbocycles. The summed E-state index contributed by atoms with van der Waals surface area (Å²) >= 11 is 0. The Kier molecular flexibility index (Phi) is 4.85. The highest BCUT2D eigenvalue weighted by molar-refractivity contribution is 5.81. The van der Waals surface area contributed by atoms with Crippen LogP contribution < -0.4 is 5.73 Å². The highest BCUT2D eigenvalue weighted by atomic mass is 19.1. The first-order chi connectivity index (χ1) is 11.5. The molecule has 130 valence electrons. The minimum atomic E-state index is -0.576. The molecule has 0 radical (unpaired) electrons. The maximum absolute atomic E-state index is 13.2. The number of nitrogens with two attached hydrogens (primary N) is 1. The van der Waals surface area contributed by atoms with Crippen molar-refractivity contribution >= 4 is 11.8 Å². The third kappa shape index (κ3) is 3.15. The van der Waals surface area contributed by atoms with E-state index in [2.05, 4.69) is 4.90 Å². The van der Waals surface area contributed by atoms with Gasteiger partial charge in [-0.15, -0.1) is 0 Å². The molecular formula is C18H24FN3O2. The molecule has 0 unspecified atom stereocenters. The molecule has 24 heavy (non-hydrogen) atoms. The first-order valence-electron chi connectivity index (χ1n) is 8.57. The number of hydrogen-bond acceptors (Lipinski definition) is 3. The van der Waals surface area contributed by atoms with Crippen molar-refractivity contribution in [1.29, 1.82) is 0 Å². The third-order valence-electron chi connectivity index (χ3n) is 5.28. The fourth-order valence-corrected chi connectivity index (χ4v) is 4.30. The fraction of sp³-hybridized carbons (Fsp3) is 0.556. The number of nitrogens with zero attached hydrogens (tertiary/aromatic N) is 2. The first kappa shape index (κ1) is 16.9. The van der Waals surface area contributed by atoms with E-state index < -0.39 is 11.9 Å². The van der Waals surface area contributed by atoms with Gasteiger partial charge in [-0.2, -0.15) is 0 Å². The number of halogens is 1. The lowest BCUT2D eigenvalue weighted by molar-refractivity contribution is -0.131. The van der Waals surface area contributed by atoms with E-state index >= 15 is 0 Å². The zero-order valence-corrected chi connectivity index (χ0v) is 14.0. The summed E-state index contributed by atoms with van der Waals surface area (Å²) in [6, 6.07) is 5.63. The van der Waals surface area contributed by atoms with E-state index in [9.17, 15) is 14.0 Å². The van der Waals surface area contributed by atoms with Gasteiger partial charge in [-0.25, -0.2) is 4.39 Å². The van der Waals surface area contributed by atoms with Crippen molar-refractivity contribution in [3.63, 3.8) is 0 Å². The topological polar surface area (TPSA) is 66.6 Å². The van der Waals surface area contributed by atoms with Gasteiger partial charge >= 0.3 is 0 Å². The molecule has 2 aliphatic heterocycles. The van der Waals surface area contributed by atoms with Crippen LogP contribution in [0.4, 0.5) is 4.39 Å². The van der Waals surface area contributed by atoms with Crippen molar-refractivity contribution < 1.29 is 14.0 Å². The van der Waals surface area contributed by atoms with Gasteiger partial charge in [0.25, 0.3) is 0 Å². The van der Waals surface area contributed by atoms with Crippen LogP contribution >= 0.6 is 0 Å². The van der Waals surface area contributed by atoms with Crippen molar-refractivity contribution in [2.24, 2.45) is 5.73 Å². The summed E-state index contributed by atoms with van der Waals surface area (Å²) in [4.78, 5) is 28.1. The molecule has 3 rings (SSSR count). The van der Waals surface area contributed by atoms with Crippen LogP contribution in [0, 0.1) is 5.82 Å². The monoisotopic (exact) mass is 333 g/mol. The lowest BCUT2D eigenvalue weighted by Crippen LogP contribution is -2.50. The number of hydrogen-bond donors (Lipinski definition) is 1. The van der Waals surface area contributed by atoms with Gasteiger partial charge < -0.3 is 10.6 Å². The first-order valence-corrected chi connectivity index (χ1v) is 8.57. The summed E-state index contributed by atoms with van der Waals surface area (Å²) in [5, 5.41) is 0. The lowest BCUT2D eigenvalue weighted by Gasteiger charge is -2.38. The summed E-state index contributed by atoms with van der Waals surface area (Å²) < 4.78 is 13.2. The fourth-order valence-electron chi connectivity index (χ4n) is 4.30. The Balaban J connectivity index is 1.88. The average molecular weight is 333 g/mol. The van der Waals surface area contributed by atoms with E-state index in [-0.39, 0.29) is 23.8 Å². The molecule has 2 fully saturated rings. The van der Waals surface area contributed by atoms with E-state index in [1.807, 2.05) is 4.90 Å². The summed E-state index contributed by atoms with van der Waals surface area (Å²) in [5.41, 5.74) is 6.40. The molecule has 6 heteroatoms. The normalized spacial score (nSPS) is 25.8. The van der Waals surface area contributed by atoms with E-state index in [0.717, 1.165) is 38.8 Å². The van der Waals surface area contributed by atoms with Crippen molar-refractivity contribution in [2.45, 2.75) is 50.7 Å².